The molecule has 0 saturated carbocycles. The van der Waals surface area contributed by atoms with Gasteiger partial charge in [-0.05, 0) is 49.9 Å². The Kier molecular flexibility index (Phi) is 5.93. The molecule has 1 aliphatic heterocycles. The van der Waals surface area contributed by atoms with Crippen molar-refractivity contribution in [3.05, 3.63) is 70.1 Å². The van der Waals surface area contributed by atoms with Gasteiger partial charge in [0.25, 0.3) is 11.8 Å². The number of furan rings is 1. The summed E-state index contributed by atoms with van der Waals surface area (Å²) in [5.74, 6) is 0.631. The molecule has 0 bridgehead atoms. The Morgan fingerprint density at radius 1 is 1.23 bits per heavy atom. The van der Waals surface area contributed by atoms with Gasteiger partial charge < -0.3 is 20.0 Å². The number of aromatic nitrogens is 3. The van der Waals surface area contributed by atoms with E-state index in [1.54, 1.807) is 31.0 Å². The first-order valence-corrected chi connectivity index (χ1v) is 12.0. The fourth-order valence-electron chi connectivity index (χ4n) is 4.02. The minimum absolute atomic E-state index is 0.153. The maximum atomic E-state index is 13.6. The summed E-state index contributed by atoms with van der Waals surface area (Å²) in [6.07, 6.45) is 2.71. The third kappa shape index (κ3) is 4.59. The Balaban J connectivity index is 1.29. The van der Waals surface area contributed by atoms with Crippen LogP contribution in [0.2, 0.25) is 0 Å². The number of fused-ring (bicyclic) bond motifs is 1. The van der Waals surface area contributed by atoms with Crippen LogP contribution in [-0.2, 0) is 0 Å². The molecule has 1 fully saturated rings. The first-order chi connectivity index (χ1) is 16.8. The molecule has 5 rings (SSSR count). The molecule has 0 spiro atoms. The lowest BCUT2D eigenvalue weighted by atomic mass is 10.1. The van der Waals surface area contributed by atoms with Gasteiger partial charge in [-0.1, -0.05) is 0 Å². The van der Waals surface area contributed by atoms with Crippen molar-refractivity contribution in [3.63, 3.8) is 0 Å². The van der Waals surface area contributed by atoms with Crippen molar-refractivity contribution in [2.24, 2.45) is 0 Å². The molecule has 11 heteroatoms. The van der Waals surface area contributed by atoms with Gasteiger partial charge in [0.05, 0.1) is 34.1 Å². The Morgan fingerprint density at radius 2 is 2.03 bits per heavy atom. The normalized spacial score (nSPS) is 14.6. The van der Waals surface area contributed by atoms with Crippen molar-refractivity contribution in [2.75, 3.05) is 18.4 Å². The van der Waals surface area contributed by atoms with Crippen molar-refractivity contribution in [2.45, 2.75) is 32.9 Å². The monoisotopic (exact) mass is 494 g/mol. The van der Waals surface area contributed by atoms with E-state index in [0.29, 0.717) is 51.6 Å². The maximum absolute atomic E-state index is 13.6. The van der Waals surface area contributed by atoms with Gasteiger partial charge >= 0.3 is 0 Å². The largest absolute Gasteiger partial charge is 0.466 e. The Hall–Kier alpha value is -3.86. The van der Waals surface area contributed by atoms with E-state index in [1.807, 2.05) is 18.4 Å². The van der Waals surface area contributed by atoms with Crippen molar-refractivity contribution in [3.8, 4) is 0 Å². The summed E-state index contributed by atoms with van der Waals surface area (Å²) in [6.45, 7) is 6.14. The molecule has 0 aromatic carbocycles. The average molecular weight is 495 g/mol. The molecule has 2 amide bonds. The van der Waals surface area contributed by atoms with Crippen molar-refractivity contribution >= 4 is 39.3 Å². The molecule has 0 unspecified atom stereocenters. The highest BCUT2D eigenvalue weighted by atomic mass is 32.1. The number of hydrogen-bond donors (Lipinski definition) is 2. The van der Waals surface area contributed by atoms with Gasteiger partial charge in [0.15, 0.2) is 5.69 Å². The number of rotatable bonds is 6. The van der Waals surface area contributed by atoms with E-state index in [9.17, 15) is 14.0 Å². The van der Waals surface area contributed by atoms with E-state index in [4.69, 9.17) is 4.42 Å². The topological polar surface area (TPSA) is 113 Å². The van der Waals surface area contributed by atoms with E-state index in [-0.39, 0.29) is 29.8 Å². The predicted octanol–water partition coefficient (Wildman–Crippen LogP) is 3.86. The molecule has 1 atom stereocenters. The predicted molar refractivity (Wildman–Crippen MR) is 129 cm³/mol. The van der Waals surface area contributed by atoms with Crippen molar-refractivity contribution in [1.82, 2.24) is 25.2 Å². The number of nitrogens with zero attached hydrogens (tertiary/aromatic N) is 4. The number of nitrogens with one attached hydrogen (secondary N) is 2. The zero-order chi connectivity index (χ0) is 24.7. The van der Waals surface area contributed by atoms with Crippen LogP contribution < -0.4 is 10.6 Å². The number of hydrogen-bond acceptors (Lipinski definition) is 8. The second-order valence-electron chi connectivity index (χ2n) is 8.54. The highest BCUT2D eigenvalue weighted by Gasteiger charge is 2.34. The second kappa shape index (κ2) is 9.06. The van der Waals surface area contributed by atoms with Crippen LogP contribution >= 0.6 is 11.3 Å². The number of carbonyl (C=O) groups excluding carboxylic acids is 2. The van der Waals surface area contributed by atoms with Crippen LogP contribution in [0.3, 0.4) is 0 Å². The van der Waals surface area contributed by atoms with Gasteiger partial charge in [-0.3, -0.25) is 14.6 Å². The molecule has 180 valence electrons. The molecule has 35 heavy (non-hydrogen) atoms. The van der Waals surface area contributed by atoms with Gasteiger partial charge in [-0.15, -0.1) is 11.3 Å². The third-order valence-corrected chi connectivity index (χ3v) is 6.78. The molecule has 0 radical (unpaired) electrons. The summed E-state index contributed by atoms with van der Waals surface area (Å²) < 4.78 is 19.7. The van der Waals surface area contributed by atoms with E-state index in [0.717, 1.165) is 6.20 Å². The highest BCUT2D eigenvalue weighted by molar-refractivity contribution is 7.17. The van der Waals surface area contributed by atoms with E-state index in [1.165, 1.54) is 17.4 Å². The van der Waals surface area contributed by atoms with E-state index in [2.05, 4.69) is 25.6 Å². The average Bonchev–Trinajstić information content (AvgIpc) is 3.40. The summed E-state index contributed by atoms with van der Waals surface area (Å²) in [7, 11) is 0. The number of pyridine rings is 1. The summed E-state index contributed by atoms with van der Waals surface area (Å²) in [5.41, 5.74) is 2.08. The smallest absolute Gasteiger partial charge is 0.274 e. The highest BCUT2D eigenvalue weighted by Crippen LogP contribution is 2.27. The van der Waals surface area contributed by atoms with Crippen LogP contribution in [0.5, 0.6) is 0 Å². The van der Waals surface area contributed by atoms with Crippen LogP contribution in [0.25, 0.3) is 10.2 Å². The zero-order valence-electron chi connectivity index (χ0n) is 19.3. The first kappa shape index (κ1) is 22.9. The standard InChI is InChI=1S/C24H23FN6O3S/c1-12-6-18(14(3)34-12)22(32)28-17-10-31(11-17)23(33)20-21-19(4-5-35-21)29-24(30-20)27-13(2)15-7-16(25)9-26-8-15/h4-9,13,17H,10-11H2,1-3H3,(H,28,32)(H,27,29,30)/t13-/m0/s1. The number of halogens is 1. The van der Waals surface area contributed by atoms with E-state index >= 15 is 0 Å². The summed E-state index contributed by atoms with van der Waals surface area (Å²) in [6, 6.07) is 4.44. The first-order valence-electron chi connectivity index (χ1n) is 11.1. The lowest BCUT2D eigenvalue weighted by Crippen LogP contribution is -2.61. The summed E-state index contributed by atoms with van der Waals surface area (Å²) in [4.78, 5) is 40.3. The van der Waals surface area contributed by atoms with Crippen LogP contribution in [0.4, 0.5) is 10.3 Å². The number of likely N-dealkylation sites (tertiary alicyclic amines) is 1. The molecule has 4 aromatic rings. The van der Waals surface area contributed by atoms with E-state index < -0.39 is 5.82 Å². The number of carbonyl (C=O) groups is 2. The molecule has 2 N–H and O–H groups in total. The Labute approximate surface area is 204 Å². The number of thiophene rings is 1. The summed E-state index contributed by atoms with van der Waals surface area (Å²) in [5, 5.41) is 7.94. The fourth-order valence-corrected chi connectivity index (χ4v) is 4.83. The van der Waals surface area contributed by atoms with Crippen LogP contribution in [-0.4, -0.2) is 50.8 Å². The van der Waals surface area contributed by atoms with Gasteiger partial charge in [0, 0.05) is 19.3 Å². The molecule has 4 aromatic heterocycles. The lowest BCUT2D eigenvalue weighted by Gasteiger charge is -2.39. The minimum atomic E-state index is -0.432. The minimum Gasteiger partial charge on any atom is -0.466 e. The van der Waals surface area contributed by atoms with Crippen LogP contribution in [0.15, 0.2) is 40.4 Å². The zero-order valence-corrected chi connectivity index (χ0v) is 20.1. The molecule has 5 heterocycles. The molecule has 1 aliphatic rings. The molecular formula is C24H23FN6O3S. The molecule has 0 aliphatic carbocycles. The molecular weight excluding hydrogens is 471 g/mol. The van der Waals surface area contributed by atoms with Crippen LogP contribution in [0, 0.1) is 19.7 Å². The maximum Gasteiger partial charge on any atom is 0.274 e. The third-order valence-electron chi connectivity index (χ3n) is 5.87. The number of aryl methyl sites for hydroxylation is 2. The number of anilines is 1. The SMILES string of the molecule is Cc1cc(C(=O)NC2CN(C(=O)c3nc(N[C@@H](C)c4cncc(F)c4)nc4ccsc34)C2)c(C)o1. The Bertz CT molecular complexity index is 1430. The van der Waals surface area contributed by atoms with Gasteiger partial charge in [-0.2, -0.15) is 0 Å². The second-order valence-corrected chi connectivity index (χ2v) is 9.46. The summed E-state index contributed by atoms with van der Waals surface area (Å²) >= 11 is 1.39. The van der Waals surface area contributed by atoms with Crippen molar-refractivity contribution in [1.29, 1.82) is 0 Å². The molecule has 9 nitrogen and oxygen atoms in total. The van der Waals surface area contributed by atoms with Crippen LogP contribution in [0.1, 0.15) is 50.9 Å². The number of amides is 2. The lowest BCUT2D eigenvalue weighted by molar-refractivity contribution is 0.0539. The Morgan fingerprint density at radius 3 is 2.74 bits per heavy atom. The van der Waals surface area contributed by atoms with Crippen molar-refractivity contribution < 1.29 is 18.4 Å². The van der Waals surface area contributed by atoms with Gasteiger partial charge in [0.2, 0.25) is 5.95 Å². The van der Waals surface area contributed by atoms with Gasteiger partial charge in [-0.25, -0.2) is 14.4 Å². The fraction of sp³-hybridized carbons (Fsp3) is 0.292. The van der Waals surface area contributed by atoms with Gasteiger partial charge in [0.1, 0.15) is 17.3 Å². The molecule has 1 saturated heterocycles. The quantitative estimate of drug-likeness (QED) is 0.418.